The Bertz CT molecular complexity index is 1170. The largest absolute Gasteiger partial charge is 0.481 e. The monoisotopic (exact) mass is 426 g/mol. The zero-order valence-electron chi connectivity index (χ0n) is 14.3. The fraction of sp³-hybridized carbons (Fsp3) is 0.167. The van der Waals surface area contributed by atoms with Crippen molar-refractivity contribution >= 4 is 39.1 Å². The molecule has 4 rings (SSSR count). The normalized spacial score (nSPS) is 16.1. The second-order valence-corrected chi connectivity index (χ2v) is 7.24. The first-order chi connectivity index (χ1) is 13.8. The average molecular weight is 426 g/mol. The number of halogens is 4. The number of para-hydroxylation sites is 1. The molecule has 11 heteroatoms. The maximum Gasteiger partial charge on any atom is 0.307 e. The summed E-state index contributed by atoms with van der Waals surface area (Å²) in [5.74, 6) is -6.97. The number of nitrogens with zero attached hydrogens (tertiary/aromatic N) is 2. The molecule has 0 spiro atoms. The maximum absolute atomic E-state index is 14.2. The van der Waals surface area contributed by atoms with Gasteiger partial charge in [0.15, 0.2) is 29.3 Å². The van der Waals surface area contributed by atoms with E-state index in [1.807, 2.05) is 0 Å². The van der Waals surface area contributed by atoms with Gasteiger partial charge in [0.05, 0.1) is 23.4 Å². The topological polar surface area (TPSA) is 79.7 Å². The number of rotatable bonds is 4. The highest BCUT2D eigenvalue weighted by atomic mass is 32.1. The molecule has 6 nitrogen and oxygen atoms in total. The second kappa shape index (κ2) is 6.99. The third kappa shape index (κ3) is 3.27. The molecule has 0 bridgehead atoms. The van der Waals surface area contributed by atoms with E-state index >= 15 is 0 Å². The zero-order valence-corrected chi connectivity index (χ0v) is 15.1. The number of carbonyl (C=O) groups is 2. The van der Waals surface area contributed by atoms with Crippen LogP contribution in [0.25, 0.3) is 10.2 Å². The van der Waals surface area contributed by atoms with E-state index in [-0.39, 0.29) is 27.7 Å². The van der Waals surface area contributed by atoms with Crippen molar-refractivity contribution in [3.8, 4) is 5.75 Å². The van der Waals surface area contributed by atoms with Crippen molar-refractivity contribution in [1.82, 2.24) is 4.98 Å². The van der Waals surface area contributed by atoms with Gasteiger partial charge in [0, 0.05) is 6.07 Å². The number of aliphatic carboxylic acids is 1. The lowest BCUT2D eigenvalue weighted by Crippen LogP contribution is -2.46. The molecule has 1 unspecified atom stereocenters. The number of anilines is 1. The van der Waals surface area contributed by atoms with Crippen LogP contribution in [0.1, 0.15) is 11.4 Å². The molecule has 1 aliphatic heterocycles. The Labute approximate surface area is 164 Å². The van der Waals surface area contributed by atoms with Crippen LogP contribution in [-0.2, 0) is 16.1 Å². The molecule has 2 heterocycles. The first-order valence-corrected chi connectivity index (χ1v) is 8.99. The molecule has 0 aliphatic carbocycles. The van der Waals surface area contributed by atoms with Crippen molar-refractivity contribution < 1.29 is 37.0 Å². The highest BCUT2D eigenvalue weighted by Gasteiger charge is 2.38. The van der Waals surface area contributed by atoms with Gasteiger partial charge < -0.3 is 9.84 Å². The number of hydrogen-bond donors (Lipinski definition) is 1. The summed E-state index contributed by atoms with van der Waals surface area (Å²) in [6.45, 7) is -0.339. The Morgan fingerprint density at radius 3 is 2.69 bits per heavy atom. The van der Waals surface area contributed by atoms with Gasteiger partial charge in [-0.3, -0.25) is 14.5 Å². The third-order valence-electron chi connectivity index (χ3n) is 4.25. The number of amides is 1. The molecular formula is C18H10F4N2O4S. The minimum absolute atomic E-state index is 0.0167. The molecule has 0 radical (unpaired) electrons. The molecule has 29 heavy (non-hydrogen) atoms. The number of aromatic nitrogens is 1. The van der Waals surface area contributed by atoms with Gasteiger partial charge in [0.1, 0.15) is 16.3 Å². The molecule has 1 N–H and O–H groups in total. The van der Waals surface area contributed by atoms with Gasteiger partial charge in [-0.1, -0.05) is 6.07 Å². The van der Waals surface area contributed by atoms with Crippen molar-refractivity contribution in [2.24, 2.45) is 0 Å². The van der Waals surface area contributed by atoms with Gasteiger partial charge in [-0.15, -0.1) is 11.3 Å². The van der Waals surface area contributed by atoms with E-state index in [9.17, 15) is 27.2 Å². The van der Waals surface area contributed by atoms with Crippen molar-refractivity contribution in [2.75, 3.05) is 4.90 Å². The Kier molecular flexibility index (Phi) is 4.61. The van der Waals surface area contributed by atoms with Gasteiger partial charge in [0.2, 0.25) is 0 Å². The number of carboxylic acids is 1. The van der Waals surface area contributed by atoms with E-state index in [1.165, 1.54) is 12.1 Å². The van der Waals surface area contributed by atoms with Crippen LogP contribution in [0.3, 0.4) is 0 Å². The van der Waals surface area contributed by atoms with Crippen LogP contribution in [0.5, 0.6) is 5.75 Å². The SMILES string of the molecule is O=C(O)CC1Oc2c(F)cccc2N(Cc2nc3c(F)c(F)cc(F)c3s2)C1=O. The van der Waals surface area contributed by atoms with Crippen LogP contribution in [0.4, 0.5) is 23.2 Å². The Morgan fingerprint density at radius 1 is 1.21 bits per heavy atom. The minimum Gasteiger partial charge on any atom is -0.481 e. The summed E-state index contributed by atoms with van der Waals surface area (Å²) in [5, 5.41) is 9.03. The summed E-state index contributed by atoms with van der Waals surface area (Å²) in [5.41, 5.74) is -0.507. The first-order valence-electron chi connectivity index (χ1n) is 8.17. The summed E-state index contributed by atoms with van der Waals surface area (Å²) < 4.78 is 60.5. The van der Waals surface area contributed by atoms with Gasteiger partial charge in [0.25, 0.3) is 5.91 Å². The summed E-state index contributed by atoms with van der Waals surface area (Å²) in [6.07, 6.45) is -2.20. The summed E-state index contributed by atoms with van der Waals surface area (Å²) in [7, 11) is 0. The average Bonchev–Trinajstić information content (AvgIpc) is 3.08. The molecule has 1 amide bonds. The molecule has 1 atom stereocenters. The summed E-state index contributed by atoms with van der Waals surface area (Å²) in [6, 6.07) is 4.17. The minimum atomic E-state index is -1.49. The lowest BCUT2D eigenvalue weighted by Gasteiger charge is -2.33. The van der Waals surface area contributed by atoms with Gasteiger partial charge in [-0.25, -0.2) is 22.5 Å². The molecule has 2 aromatic carbocycles. The van der Waals surface area contributed by atoms with Crippen LogP contribution in [0.2, 0.25) is 0 Å². The van der Waals surface area contributed by atoms with E-state index in [0.29, 0.717) is 17.4 Å². The van der Waals surface area contributed by atoms with Crippen LogP contribution < -0.4 is 9.64 Å². The van der Waals surface area contributed by atoms with E-state index in [1.54, 1.807) is 0 Å². The van der Waals surface area contributed by atoms with Crippen molar-refractivity contribution in [2.45, 2.75) is 19.1 Å². The molecule has 150 valence electrons. The highest BCUT2D eigenvalue weighted by molar-refractivity contribution is 7.18. The van der Waals surface area contributed by atoms with Crippen LogP contribution in [0.15, 0.2) is 24.3 Å². The zero-order chi connectivity index (χ0) is 20.9. The molecule has 3 aromatic rings. The van der Waals surface area contributed by atoms with Crippen molar-refractivity contribution in [3.05, 3.63) is 52.5 Å². The fourth-order valence-electron chi connectivity index (χ4n) is 2.99. The standard InChI is InChI=1S/C18H10F4N2O4S/c19-7-2-1-3-10-16(7)28-11(5-13(25)26)18(27)24(10)6-12-23-15-14(22)8(20)4-9(21)17(15)29-12/h1-4,11H,5-6H2,(H,25,26). The lowest BCUT2D eigenvalue weighted by molar-refractivity contribution is -0.142. The third-order valence-corrected chi connectivity index (χ3v) is 5.30. The molecule has 0 fully saturated rings. The number of carboxylic acid groups (broad SMARTS) is 1. The number of benzene rings is 2. The smallest absolute Gasteiger partial charge is 0.307 e. The van der Waals surface area contributed by atoms with Crippen LogP contribution in [0, 0.1) is 23.3 Å². The van der Waals surface area contributed by atoms with Gasteiger partial charge in [-0.2, -0.15) is 0 Å². The Balaban J connectivity index is 1.77. The quantitative estimate of drug-likeness (QED) is 0.509. The van der Waals surface area contributed by atoms with E-state index in [2.05, 4.69) is 4.98 Å². The summed E-state index contributed by atoms with van der Waals surface area (Å²) >= 11 is 0.699. The molecular weight excluding hydrogens is 416 g/mol. The lowest BCUT2D eigenvalue weighted by atomic mass is 10.1. The number of ether oxygens (including phenoxy) is 1. The Morgan fingerprint density at radius 2 is 1.97 bits per heavy atom. The van der Waals surface area contributed by atoms with Crippen LogP contribution in [-0.4, -0.2) is 28.1 Å². The Hall–Kier alpha value is -3.21. The van der Waals surface area contributed by atoms with E-state index in [0.717, 1.165) is 11.0 Å². The second-order valence-electron chi connectivity index (χ2n) is 6.16. The van der Waals surface area contributed by atoms with Gasteiger partial charge in [-0.05, 0) is 12.1 Å². The number of thiazole rings is 1. The first kappa shape index (κ1) is 19.1. The number of carbonyl (C=O) groups excluding carboxylic acids is 1. The number of fused-ring (bicyclic) bond motifs is 2. The van der Waals surface area contributed by atoms with Crippen LogP contribution >= 0.6 is 11.3 Å². The summed E-state index contributed by atoms with van der Waals surface area (Å²) in [4.78, 5) is 28.6. The maximum atomic E-state index is 14.2. The molecule has 1 aromatic heterocycles. The molecule has 0 saturated carbocycles. The van der Waals surface area contributed by atoms with E-state index in [4.69, 9.17) is 9.84 Å². The predicted octanol–water partition coefficient (Wildman–Crippen LogP) is 3.62. The predicted molar refractivity (Wildman–Crippen MR) is 93.8 cm³/mol. The highest BCUT2D eigenvalue weighted by Crippen LogP contribution is 2.39. The van der Waals surface area contributed by atoms with E-state index < -0.39 is 53.2 Å². The van der Waals surface area contributed by atoms with Crippen molar-refractivity contribution in [3.63, 3.8) is 0 Å². The molecule has 0 saturated heterocycles. The fourth-order valence-corrected chi connectivity index (χ4v) is 3.95. The van der Waals surface area contributed by atoms with Gasteiger partial charge >= 0.3 is 5.97 Å². The van der Waals surface area contributed by atoms with Crippen molar-refractivity contribution in [1.29, 1.82) is 0 Å². The molecule has 1 aliphatic rings. The number of hydrogen-bond acceptors (Lipinski definition) is 5.